The molecule has 0 aliphatic carbocycles. The summed E-state index contributed by atoms with van der Waals surface area (Å²) in [6, 6.07) is 0. The van der Waals surface area contributed by atoms with Gasteiger partial charge in [0.1, 0.15) is 0 Å². The first-order valence-corrected chi connectivity index (χ1v) is 6.61. The molecule has 8 heteroatoms. The van der Waals surface area contributed by atoms with Gasteiger partial charge in [0.25, 0.3) is 0 Å². The smallest absolute Gasteiger partial charge is 0.319 e. The van der Waals surface area contributed by atoms with Crippen molar-refractivity contribution in [1.82, 2.24) is 10.0 Å². The Morgan fingerprint density at radius 2 is 1.75 bits per heavy atom. The van der Waals surface area contributed by atoms with Crippen LogP contribution in [0.4, 0.5) is 13.2 Å². The molecule has 0 saturated carbocycles. The van der Waals surface area contributed by atoms with E-state index in [1.807, 2.05) is 0 Å². The van der Waals surface area contributed by atoms with Crippen molar-refractivity contribution in [3.63, 3.8) is 0 Å². The van der Waals surface area contributed by atoms with Gasteiger partial charge < -0.3 is 5.32 Å². The van der Waals surface area contributed by atoms with Crippen LogP contribution in [0, 0.1) is 0 Å². The number of unbranched alkanes of at least 4 members (excludes halogenated alkanes) is 1. The molecule has 0 aromatic carbocycles. The third-order valence-corrected chi connectivity index (χ3v) is 3.22. The number of rotatable bonds is 8. The fraction of sp³-hybridized carbons (Fsp3) is 1.00. The molecule has 0 atom stereocenters. The Morgan fingerprint density at radius 3 is 2.25 bits per heavy atom. The lowest BCUT2D eigenvalue weighted by Crippen LogP contribution is -2.31. The summed E-state index contributed by atoms with van der Waals surface area (Å²) < 4.78 is 59.8. The molecule has 0 amide bonds. The third kappa shape index (κ3) is 10.2. The van der Waals surface area contributed by atoms with Crippen LogP contribution in [0.2, 0.25) is 0 Å². The highest BCUT2D eigenvalue weighted by Gasteiger charge is 2.25. The monoisotopic (exact) mass is 262 g/mol. The Labute approximate surface area is 93.7 Å². The Bertz CT molecular complexity index is 277. The van der Waals surface area contributed by atoms with Crippen molar-refractivity contribution < 1.29 is 21.6 Å². The second-order valence-electron chi connectivity index (χ2n) is 3.39. The average Bonchev–Trinajstić information content (AvgIpc) is 2.12. The molecule has 0 aliphatic rings. The Hall–Kier alpha value is -0.340. The molecule has 0 spiro atoms. The van der Waals surface area contributed by atoms with Crippen molar-refractivity contribution in [3.8, 4) is 0 Å². The molecule has 0 aliphatic heterocycles. The minimum Gasteiger partial charge on any atom is -0.319 e. The van der Waals surface area contributed by atoms with Crippen LogP contribution in [0.1, 0.15) is 19.3 Å². The molecule has 0 radical (unpaired) electrons. The van der Waals surface area contributed by atoms with E-state index in [2.05, 4.69) is 10.0 Å². The lowest BCUT2D eigenvalue weighted by Gasteiger charge is -2.07. The average molecular weight is 262 g/mol. The first kappa shape index (κ1) is 15.7. The topological polar surface area (TPSA) is 58.2 Å². The summed E-state index contributed by atoms with van der Waals surface area (Å²) in [5.41, 5.74) is 0. The molecule has 0 rings (SSSR count). The molecule has 16 heavy (non-hydrogen) atoms. The van der Waals surface area contributed by atoms with Crippen molar-refractivity contribution in [1.29, 1.82) is 0 Å². The van der Waals surface area contributed by atoms with Gasteiger partial charge in [-0.3, -0.25) is 0 Å². The fourth-order valence-corrected chi connectivity index (χ4v) is 2.06. The first-order chi connectivity index (χ1) is 7.27. The van der Waals surface area contributed by atoms with Gasteiger partial charge in [-0.1, -0.05) is 0 Å². The van der Waals surface area contributed by atoms with Crippen LogP contribution in [-0.4, -0.2) is 40.5 Å². The number of hydrogen-bond acceptors (Lipinski definition) is 3. The Morgan fingerprint density at radius 1 is 1.12 bits per heavy atom. The summed E-state index contributed by atoms with van der Waals surface area (Å²) in [4.78, 5) is 0. The van der Waals surface area contributed by atoms with Crippen molar-refractivity contribution in [3.05, 3.63) is 0 Å². The Balaban J connectivity index is 3.58. The number of sulfonamides is 1. The Kier molecular flexibility index (Phi) is 6.93. The van der Waals surface area contributed by atoms with E-state index in [0.29, 0.717) is 6.54 Å². The van der Waals surface area contributed by atoms with Crippen molar-refractivity contribution in [2.75, 3.05) is 25.9 Å². The fourth-order valence-electron chi connectivity index (χ4n) is 0.987. The van der Waals surface area contributed by atoms with Gasteiger partial charge in [-0.15, -0.1) is 0 Å². The van der Waals surface area contributed by atoms with Crippen LogP contribution in [0.25, 0.3) is 0 Å². The molecule has 0 bridgehead atoms. The van der Waals surface area contributed by atoms with E-state index in [0.717, 1.165) is 0 Å². The van der Waals surface area contributed by atoms with Crippen molar-refractivity contribution in [2.45, 2.75) is 25.4 Å². The minimum absolute atomic E-state index is 0.0575. The van der Waals surface area contributed by atoms with Crippen LogP contribution < -0.4 is 10.0 Å². The lowest BCUT2D eigenvalue weighted by molar-refractivity contribution is -0.135. The van der Waals surface area contributed by atoms with Gasteiger partial charge in [0.05, 0.1) is 5.75 Å². The van der Waals surface area contributed by atoms with Gasteiger partial charge in [-0.05, 0) is 19.9 Å². The van der Waals surface area contributed by atoms with Crippen LogP contribution >= 0.6 is 0 Å². The highest BCUT2D eigenvalue weighted by atomic mass is 32.2. The van der Waals surface area contributed by atoms with E-state index in [9.17, 15) is 21.6 Å². The molecule has 0 saturated heterocycles. The SMILES string of the molecule is CNCCS(=O)(=O)NCCCCC(F)(F)F. The molecular weight excluding hydrogens is 245 g/mol. The summed E-state index contributed by atoms with van der Waals surface area (Å²) in [5, 5.41) is 2.68. The maximum Gasteiger partial charge on any atom is 0.389 e. The first-order valence-electron chi connectivity index (χ1n) is 4.95. The summed E-state index contributed by atoms with van der Waals surface area (Å²) >= 11 is 0. The molecule has 0 heterocycles. The molecule has 0 unspecified atom stereocenters. The molecule has 98 valence electrons. The van der Waals surface area contributed by atoms with Gasteiger partial charge >= 0.3 is 6.18 Å². The van der Waals surface area contributed by atoms with E-state index in [4.69, 9.17) is 0 Å². The number of alkyl halides is 3. The van der Waals surface area contributed by atoms with E-state index in [1.165, 1.54) is 0 Å². The third-order valence-electron chi connectivity index (χ3n) is 1.83. The number of hydrogen-bond donors (Lipinski definition) is 2. The van der Waals surface area contributed by atoms with Gasteiger partial charge in [-0.25, -0.2) is 13.1 Å². The second kappa shape index (κ2) is 7.08. The molecule has 0 aromatic rings. The zero-order valence-electron chi connectivity index (χ0n) is 9.10. The predicted molar refractivity (Wildman–Crippen MR) is 55.6 cm³/mol. The summed E-state index contributed by atoms with van der Waals surface area (Å²) in [6.45, 7) is 0.375. The van der Waals surface area contributed by atoms with Gasteiger partial charge in [0, 0.05) is 19.5 Å². The highest BCUT2D eigenvalue weighted by Crippen LogP contribution is 2.21. The molecule has 4 nitrogen and oxygen atoms in total. The normalized spacial score (nSPS) is 13.0. The van der Waals surface area contributed by atoms with E-state index in [-0.39, 0.29) is 25.1 Å². The molecule has 2 N–H and O–H groups in total. The second-order valence-corrected chi connectivity index (χ2v) is 5.32. The summed E-state index contributed by atoms with van der Waals surface area (Å²) in [7, 11) is -1.73. The zero-order valence-corrected chi connectivity index (χ0v) is 9.92. The van der Waals surface area contributed by atoms with Crippen LogP contribution in [0.15, 0.2) is 0 Å². The standard InChI is InChI=1S/C8H17F3N2O2S/c1-12-6-7-16(14,15)13-5-3-2-4-8(9,10)11/h12-13H,2-7H2,1H3. The number of halogens is 3. The maximum atomic E-state index is 11.7. The zero-order chi connectivity index (χ0) is 12.7. The van der Waals surface area contributed by atoms with Crippen LogP contribution in [0.3, 0.4) is 0 Å². The van der Waals surface area contributed by atoms with Crippen LogP contribution in [-0.2, 0) is 10.0 Å². The largest absolute Gasteiger partial charge is 0.389 e. The van der Waals surface area contributed by atoms with E-state index >= 15 is 0 Å². The van der Waals surface area contributed by atoms with Gasteiger partial charge in [-0.2, -0.15) is 13.2 Å². The highest BCUT2D eigenvalue weighted by molar-refractivity contribution is 7.89. The summed E-state index contributed by atoms with van der Waals surface area (Å²) in [6.07, 6.45) is -4.90. The lowest BCUT2D eigenvalue weighted by atomic mass is 10.2. The van der Waals surface area contributed by atoms with Gasteiger partial charge in [0.2, 0.25) is 10.0 Å². The van der Waals surface area contributed by atoms with Crippen LogP contribution in [0.5, 0.6) is 0 Å². The van der Waals surface area contributed by atoms with E-state index < -0.39 is 22.6 Å². The molecule has 0 aromatic heterocycles. The summed E-state index contributed by atoms with van der Waals surface area (Å²) in [5.74, 6) is -0.0667. The number of nitrogens with one attached hydrogen (secondary N) is 2. The van der Waals surface area contributed by atoms with Crippen molar-refractivity contribution in [2.24, 2.45) is 0 Å². The van der Waals surface area contributed by atoms with Crippen molar-refractivity contribution >= 4 is 10.0 Å². The molecular formula is C8H17F3N2O2S. The molecule has 0 fully saturated rings. The maximum absolute atomic E-state index is 11.7. The predicted octanol–water partition coefficient (Wildman–Crippen LogP) is 0.858. The van der Waals surface area contributed by atoms with Gasteiger partial charge in [0.15, 0.2) is 0 Å². The minimum atomic E-state index is -4.16. The quantitative estimate of drug-likeness (QED) is 0.638. The van der Waals surface area contributed by atoms with E-state index in [1.54, 1.807) is 7.05 Å².